The van der Waals surface area contributed by atoms with Crippen LogP contribution in [0.25, 0.3) is 0 Å². The molecule has 10 nitrogen and oxygen atoms in total. The van der Waals surface area contributed by atoms with Crippen molar-refractivity contribution in [2.24, 2.45) is 5.92 Å². The number of carbonyl (C=O) groups excluding carboxylic acids is 2. The van der Waals surface area contributed by atoms with Crippen molar-refractivity contribution >= 4 is 34.8 Å². The van der Waals surface area contributed by atoms with E-state index in [9.17, 15) is 24.5 Å². The number of rotatable bonds is 6. The van der Waals surface area contributed by atoms with Gasteiger partial charge in [0.2, 0.25) is 5.91 Å². The molecule has 0 saturated heterocycles. The van der Waals surface area contributed by atoms with E-state index in [2.05, 4.69) is 5.32 Å². The lowest BCUT2D eigenvalue weighted by Gasteiger charge is -2.35. The van der Waals surface area contributed by atoms with Gasteiger partial charge in [-0.05, 0) is 36.2 Å². The van der Waals surface area contributed by atoms with Crippen LogP contribution in [0.4, 0.5) is 17.1 Å². The SMILES string of the molecule is CC(C)C1Oc2cc([N+](=O)[O-])ccc2N(CC(=O)Nc2ccc(C(=O)O)cc2)C1=O. The molecule has 0 aromatic heterocycles. The molecule has 2 aromatic carbocycles. The number of fused-ring (bicyclic) bond motifs is 1. The van der Waals surface area contributed by atoms with Gasteiger partial charge in [0.05, 0.1) is 22.2 Å². The maximum absolute atomic E-state index is 12.9. The third-order valence-corrected chi connectivity index (χ3v) is 4.53. The van der Waals surface area contributed by atoms with E-state index in [-0.39, 0.29) is 35.2 Å². The van der Waals surface area contributed by atoms with Crippen LogP contribution in [0, 0.1) is 16.0 Å². The van der Waals surface area contributed by atoms with Crippen molar-refractivity contribution in [3.63, 3.8) is 0 Å². The van der Waals surface area contributed by atoms with Gasteiger partial charge in [0.15, 0.2) is 11.9 Å². The average Bonchev–Trinajstić information content (AvgIpc) is 2.69. The molecular formula is C20H19N3O7. The van der Waals surface area contributed by atoms with Gasteiger partial charge in [0.25, 0.3) is 11.6 Å². The Morgan fingerprint density at radius 1 is 1.23 bits per heavy atom. The smallest absolute Gasteiger partial charge is 0.335 e. The summed E-state index contributed by atoms with van der Waals surface area (Å²) >= 11 is 0. The first-order valence-electron chi connectivity index (χ1n) is 9.07. The second-order valence-electron chi connectivity index (χ2n) is 7.05. The van der Waals surface area contributed by atoms with Gasteiger partial charge >= 0.3 is 5.97 Å². The molecular weight excluding hydrogens is 394 g/mol. The lowest BCUT2D eigenvalue weighted by atomic mass is 10.0. The number of carbonyl (C=O) groups is 3. The minimum atomic E-state index is -1.09. The number of hydrogen-bond donors (Lipinski definition) is 2. The van der Waals surface area contributed by atoms with Crippen molar-refractivity contribution in [3.8, 4) is 5.75 Å². The van der Waals surface area contributed by atoms with Gasteiger partial charge in [-0.3, -0.25) is 24.6 Å². The molecule has 1 unspecified atom stereocenters. The molecule has 0 radical (unpaired) electrons. The molecule has 3 rings (SSSR count). The van der Waals surface area contributed by atoms with Crippen molar-refractivity contribution in [3.05, 3.63) is 58.1 Å². The highest BCUT2D eigenvalue weighted by Gasteiger charge is 2.38. The fraction of sp³-hybridized carbons (Fsp3) is 0.250. The largest absolute Gasteiger partial charge is 0.478 e. The van der Waals surface area contributed by atoms with Crippen LogP contribution in [-0.2, 0) is 9.59 Å². The summed E-state index contributed by atoms with van der Waals surface area (Å²) in [6, 6.07) is 9.42. The number of amides is 2. The lowest BCUT2D eigenvalue weighted by molar-refractivity contribution is -0.384. The number of nitro benzene ring substituents is 1. The number of anilines is 2. The Hall–Kier alpha value is -3.95. The Morgan fingerprint density at radius 3 is 2.47 bits per heavy atom. The van der Waals surface area contributed by atoms with E-state index < -0.39 is 28.8 Å². The number of aromatic carboxylic acids is 1. The zero-order chi connectivity index (χ0) is 22.0. The van der Waals surface area contributed by atoms with Crippen LogP contribution in [0.3, 0.4) is 0 Å². The quantitative estimate of drug-likeness (QED) is 0.548. The average molecular weight is 413 g/mol. The number of nitrogens with zero attached hydrogens (tertiary/aromatic N) is 2. The number of non-ortho nitro benzene ring substituents is 1. The van der Waals surface area contributed by atoms with E-state index in [1.54, 1.807) is 13.8 Å². The summed E-state index contributed by atoms with van der Waals surface area (Å²) in [7, 11) is 0. The molecule has 30 heavy (non-hydrogen) atoms. The first-order chi connectivity index (χ1) is 14.2. The maximum atomic E-state index is 12.9. The zero-order valence-corrected chi connectivity index (χ0v) is 16.2. The first kappa shape index (κ1) is 20.8. The predicted octanol–water partition coefficient (Wildman–Crippen LogP) is 2.68. The summed E-state index contributed by atoms with van der Waals surface area (Å²) in [5, 5.41) is 22.6. The number of hydrogen-bond acceptors (Lipinski definition) is 6. The number of nitro groups is 1. The highest BCUT2D eigenvalue weighted by Crippen LogP contribution is 2.38. The first-order valence-corrected chi connectivity index (χ1v) is 9.07. The zero-order valence-electron chi connectivity index (χ0n) is 16.2. The second-order valence-corrected chi connectivity index (χ2v) is 7.05. The standard InChI is InChI=1S/C20H19N3O7/c1-11(2)18-19(25)22(15-8-7-14(23(28)29)9-16(15)30-18)10-17(24)21-13-5-3-12(4-6-13)20(26)27/h3-9,11,18H,10H2,1-2H3,(H,21,24)(H,26,27). The van der Waals surface area contributed by atoms with Crippen LogP contribution >= 0.6 is 0 Å². The van der Waals surface area contributed by atoms with E-state index in [0.29, 0.717) is 5.69 Å². The number of carboxylic acids is 1. The van der Waals surface area contributed by atoms with Crippen LogP contribution in [0.2, 0.25) is 0 Å². The van der Waals surface area contributed by atoms with Gasteiger partial charge in [0.1, 0.15) is 6.54 Å². The highest BCUT2D eigenvalue weighted by molar-refractivity contribution is 6.06. The van der Waals surface area contributed by atoms with Gasteiger partial charge in [-0.15, -0.1) is 0 Å². The normalized spacial score (nSPS) is 15.4. The Labute approximate surface area is 171 Å². The van der Waals surface area contributed by atoms with Gasteiger partial charge < -0.3 is 15.2 Å². The van der Waals surface area contributed by atoms with Crippen LogP contribution < -0.4 is 15.0 Å². The van der Waals surface area contributed by atoms with Crippen LogP contribution in [0.5, 0.6) is 5.75 Å². The molecule has 2 aromatic rings. The lowest BCUT2D eigenvalue weighted by Crippen LogP contribution is -2.50. The van der Waals surface area contributed by atoms with Gasteiger partial charge in [0, 0.05) is 11.8 Å². The molecule has 0 saturated carbocycles. The fourth-order valence-electron chi connectivity index (χ4n) is 3.02. The van der Waals surface area contributed by atoms with Crippen molar-refractivity contribution in [2.45, 2.75) is 20.0 Å². The van der Waals surface area contributed by atoms with Crippen molar-refractivity contribution in [2.75, 3.05) is 16.8 Å². The molecule has 2 N–H and O–H groups in total. The third kappa shape index (κ3) is 4.22. The molecule has 1 heterocycles. The summed E-state index contributed by atoms with van der Waals surface area (Å²) in [4.78, 5) is 48.1. The van der Waals surface area contributed by atoms with Gasteiger partial charge in [-0.25, -0.2) is 4.79 Å². The summed E-state index contributed by atoms with van der Waals surface area (Å²) in [6.45, 7) is 3.21. The fourth-order valence-corrected chi connectivity index (χ4v) is 3.02. The molecule has 10 heteroatoms. The number of carboxylic acid groups (broad SMARTS) is 1. The molecule has 0 spiro atoms. The maximum Gasteiger partial charge on any atom is 0.335 e. The van der Waals surface area contributed by atoms with Crippen LogP contribution in [0.15, 0.2) is 42.5 Å². The highest BCUT2D eigenvalue weighted by atomic mass is 16.6. The van der Waals surface area contributed by atoms with Crippen molar-refractivity contribution in [1.82, 2.24) is 0 Å². The summed E-state index contributed by atoms with van der Waals surface area (Å²) in [5.41, 5.74) is 0.522. The van der Waals surface area contributed by atoms with E-state index in [1.165, 1.54) is 47.4 Å². The molecule has 156 valence electrons. The number of nitrogens with one attached hydrogen (secondary N) is 1. The summed E-state index contributed by atoms with van der Waals surface area (Å²) < 4.78 is 5.68. The van der Waals surface area contributed by atoms with E-state index in [0.717, 1.165) is 0 Å². The molecule has 1 aliphatic rings. The van der Waals surface area contributed by atoms with Crippen LogP contribution in [-0.4, -0.2) is 40.5 Å². The molecule has 1 atom stereocenters. The molecule has 0 fully saturated rings. The molecule has 0 bridgehead atoms. The van der Waals surface area contributed by atoms with Gasteiger partial charge in [-0.2, -0.15) is 0 Å². The molecule has 0 aliphatic carbocycles. The monoisotopic (exact) mass is 413 g/mol. The minimum Gasteiger partial charge on any atom is -0.478 e. The number of ether oxygens (including phenoxy) is 1. The topological polar surface area (TPSA) is 139 Å². The van der Waals surface area contributed by atoms with Crippen molar-refractivity contribution in [1.29, 1.82) is 0 Å². The molecule has 1 aliphatic heterocycles. The Morgan fingerprint density at radius 2 is 1.90 bits per heavy atom. The van der Waals surface area contributed by atoms with E-state index in [1.807, 2.05) is 0 Å². The van der Waals surface area contributed by atoms with Gasteiger partial charge in [-0.1, -0.05) is 13.8 Å². The second kappa shape index (κ2) is 8.19. The Bertz CT molecular complexity index is 1020. The summed E-state index contributed by atoms with van der Waals surface area (Å²) in [5.74, 6) is -2.10. The van der Waals surface area contributed by atoms with E-state index >= 15 is 0 Å². The van der Waals surface area contributed by atoms with E-state index in [4.69, 9.17) is 9.84 Å². The van der Waals surface area contributed by atoms with Crippen molar-refractivity contribution < 1.29 is 29.2 Å². The van der Waals surface area contributed by atoms with Crippen LogP contribution in [0.1, 0.15) is 24.2 Å². The third-order valence-electron chi connectivity index (χ3n) is 4.53. The predicted molar refractivity (Wildman–Crippen MR) is 107 cm³/mol. The summed E-state index contributed by atoms with van der Waals surface area (Å²) in [6.07, 6.45) is -0.887. The minimum absolute atomic E-state index is 0.0756. The Balaban J connectivity index is 1.84. The molecule has 2 amide bonds. The number of benzene rings is 2. The Kier molecular flexibility index (Phi) is 5.67.